The van der Waals surface area contributed by atoms with Gasteiger partial charge in [0.15, 0.2) is 5.96 Å². The molecule has 2 heterocycles. The predicted octanol–water partition coefficient (Wildman–Crippen LogP) is 3.37. The van der Waals surface area contributed by atoms with Crippen molar-refractivity contribution in [1.82, 2.24) is 15.6 Å². The van der Waals surface area contributed by atoms with Gasteiger partial charge in [-0.2, -0.15) is 0 Å². The summed E-state index contributed by atoms with van der Waals surface area (Å²) in [4.78, 5) is 9.72. The van der Waals surface area contributed by atoms with Gasteiger partial charge in [0.2, 0.25) is 0 Å². The van der Waals surface area contributed by atoms with Gasteiger partial charge in [0.1, 0.15) is 11.3 Å². The molecular weight excluding hydrogens is 308 g/mol. The van der Waals surface area contributed by atoms with Crippen molar-refractivity contribution < 1.29 is 4.42 Å². The maximum atomic E-state index is 5.91. The van der Waals surface area contributed by atoms with Crippen molar-refractivity contribution in [2.24, 2.45) is 4.99 Å². The van der Waals surface area contributed by atoms with Crippen LogP contribution in [0.1, 0.15) is 21.9 Å². The second-order valence-corrected chi connectivity index (χ2v) is 6.23. The van der Waals surface area contributed by atoms with E-state index in [1.54, 1.807) is 18.4 Å². The Morgan fingerprint density at radius 1 is 1.22 bits per heavy atom. The van der Waals surface area contributed by atoms with Crippen molar-refractivity contribution in [3.05, 3.63) is 51.7 Å². The number of aromatic nitrogens is 1. The highest BCUT2D eigenvalue weighted by Crippen LogP contribution is 2.24. The number of hydrogen-bond donors (Lipinski definition) is 2. The highest BCUT2D eigenvalue weighted by Gasteiger charge is 2.10. The van der Waals surface area contributed by atoms with Crippen molar-refractivity contribution in [1.29, 1.82) is 0 Å². The number of nitrogens with one attached hydrogen (secondary N) is 2. The van der Waals surface area contributed by atoms with Gasteiger partial charge >= 0.3 is 0 Å². The van der Waals surface area contributed by atoms with Crippen LogP contribution in [0.4, 0.5) is 0 Å². The third-order valence-corrected chi connectivity index (χ3v) is 4.78. The molecule has 2 aromatic heterocycles. The minimum Gasteiger partial charge on any atom is -0.459 e. The van der Waals surface area contributed by atoms with E-state index in [4.69, 9.17) is 4.42 Å². The van der Waals surface area contributed by atoms with Crippen molar-refractivity contribution >= 4 is 28.3 Å². The molecule has 0 aliphatic heterocycles. The molecule has 120 valence electrons. The second kappa shape index (κ2) is 6.83. The lowest BCUT2D eigenvalue weighted by atomic mass is 10.1. The summed E-state index contributed by atoms with van der Waals surface area (Å²) in [7, 11) is 1.76. The van der Waals surface area contributed by atoms with Crippen molar-refractivity contribution in [3.63, 3.8) is 0 Å². The Balaban J connectivity index is 1.63. The van der Waals surface area contributed by atoms with Gasteiger partial charge in [0.05, 0.1) is 24.3 Å². The van der Waals surface area contributed by atoms with Gasteiger partial charge in [-0.3, -0.25) is 4.99 Å². The highest BCUT2D eigenvalue weighted by atomic mass is 32.1. The van der Waals surface area contributed by atoms with Gasteiger partial charge < -0.3 is 15.1 Å². The van der Waals surface area contributed by atoms with Crippen LogP contribution in [0, 0.1) is 13.8 Å². The van der Waals surface area contributed by atoms with E-state index in [0.717, 1.165) is 34.9 Å². The van der Waals surface area contributed by atoms with Crippen molar-refractivity contribution in [2.45, 2.75) is 26.9 Å². The largest absolute Gasteiger partial charge is 0.459 e. The van der Waals surface area contributed by atoms with Gasteiger partial charge in [-0.05, 0) is 19.9 Å². The van der Waals surface area contributed by atoms with Crippen LogP contribution < -0.4 is 10.6 Å². The summed E-state index contributed by atoms with van der Waals surface area (Å²) in [5.41, 5.74) is 5.01. The topological polar surface area (TPSA) is 62.5 Å². The SMILES string of the molecule is CN=C(NCc1oc2ccccc2c1C)NCc1scnc1C. The van der Waals surface area contributed by atoms with E-state index >= 15 is 0 Å². The first-order valence-corrected chi connectivity index (χ1v) is 8.37. The number of fused-ring (bicyclic) bond motifs is 1. The number of hydrogen-bond acceptors (Lipinski definition) is 4. The lowest BCUT2D eigenvalue weighted by molar-refractivity contribution is 0.534. The highest BCUT2D eigenvalue weighted by molar-refractivity contribution is 7.09. The van der Waals surface area contributed by atoms with Gasteiger partial charge in [0, 0.05) is 22.9 Å². The molecule has 0 bridgehead atoms. The van der Waals surface area contributed by atoms with Crippen LogP contribution >= 0.6 is 11.3 Å². The zero-order valence-electron chi connectivity index (χ0n) is 13.5. The third-order valence-electron chi connectivity index (χ3n) is 3.84. The van der Waals surface area contributed by atoms with Crippen LogP contribution in [-0.4, -0.2) is 18.0 Å². The monoisotopic (exact) mass is 328 g/mol. The number of rotatable bonds is 4. The molecule has 0 radical (unpaired) electrons. The van der Waals surface area contributed by atoms with Crippen molar-refractivity contribution in [3.8, 4) is 0 Å². The Labute approximate surface area is 139 Å². The first-order valence-electron chi connectivity index (χ1n) is 7.49. The minimum absolute atomic E-state index is 0.599. The number of aryl methyl sites for hydroxylation is 2. The summed E-state index contributed by atoms with van der Waals surface area (Å²) >= 11 is 1.65. The number of benzene rings is 1. The van der Waals surface area contributed by atoms with Crippen molar-refractivity contribution in [2.75, 3.05) is 7.05 Å². The fourth-order valence-corrected chi connectivity index (χ4v) is 3.15. The molecule has 0 saturated heterocycles. The number of para-hydroxylation sites is 1. The van der Waals surface area contributed by atoms with Crippen LogP contribution in [0.5, 0.6) is 0 Å². The predicted molar refractivity (Wildman–Crippen MR) is 94.8 cm³/mol. The number of thiazole rings is 1. The molecule has 1 aromatic carbocycles. The van der Waals surface area contributed by atoms with Crippen LogP contribution in [0.25, 0.3) is 11.0 Å². The van der Waals surface area contributed by atoms with E-state index < -0.39 is 0 Å². The first-order chi connectivity index (χ1) is 11.2. The summed E-state index contributed by atoms with van der Waals surface area (Å²) in [5, 5.41) is 7.76. The standard InChI is InChI=1S/C17H20N4OS/c1-11-13-6-4-5-7-14(13)22-15(11)8-19-17(18-3)20-9-16-12(2)21-10-23-16/h4-7,10H,8-9H2,1-3H3,(H2,18,19,20). The van der Waals surface area contributed by atoms with E-state index in [1.165, 1.54) is 10.4 Å². The molecule has 0 aliphatic rings. The normalized spacial score (nSPS) is 11.9. The molecule has 0 atom stereocenters. The summed E-state index contributed by atoms with van der Waals surface area (Å²) in [6.45, 7) is 5.42. The Hall–Kier alpha value is -2.34. The van der Waals surface area contributed by atoms with Gasteiger partial charge in [-0.1, -0.05) is 18.2 Å². The van der Waals surface area contributed by atoms with Crippen LogP contribution in [-0.2, 0) is 13.1 Å². The first kappa shape index (κ1) is 15.6. The molecule has 0 spiro atoms. The Morgan fingerprint density at radius 3 is 2.70 bits per heavy atom. The molecule has 3 rings (SSSR count). The fraction of sp³-hybridized carbons (Fsp3) is 0.294. The Kier molecular flexibility index (Phi) is 4.62. The van der Waals surface area contributed by atoms with E-state index in [9.17, 15) is 0 Å². The zero-order chi connectivity index (χ0) is 16.2. The van der Waals surface area contributed by atoms with E-state index in [1.807, 2.05) is 30.6 Å². The van der Waals surface area contributed by atoms with Gasteiger partial charge in [-0.25, -0.2) is 4.98 Å². The lowest BCUT2D eigenvalue weighted by Gasteiger charge is -2.10. The lowest BCUT2D eigenvalue weighted by Crippen LogP contribution is -2.36. The number of furan rings is 1. The van der Waals surface area contributed by atoms with E-state index in [-0.39, 0.29) is 0 Å². The second-order valence-electron chi connectivity index (χ2n) is 5.29. The van der Waals surface area contributed by atoms with Crippen LogP contribution in [0.15, 0.2) is 39.2 Å². The minimum atomic E-state index is 0.599. The molecule has 6 heteroatoms. The zero-order valence-corrected chi connectivity index (χ0v) is 14.3. The molecule has 0 unspecified atom stereocenters. The van der Waals surface area contributed by atoms with E-state index in [0.29, 0.717) is 6.54 Å². The molecule has 0 amide bonds. The maximum Gasteiger partial charge on any atom is 0.191 e. The average molecular weight is 328 g/mol. The summed E-state index contributed by atoms with van der Waals surface area (Å²) in [6.07, 6.45) is 0. The van der Waals surface area contributed by atoms with Crippen LogP contribution in [0.3, 0.4) is 0 Å². The Bertz CT molecular complexity index is 834. The molecule has 2 N–H and O–H groups in total. The summed E-state index contributed by atoms with van der Waals surface area (Å²) in [5.74, 6) is 1.68. The van der Waals surface area contributed by atoms with E-state index in [2.05, 4.69) is 33.6 Å². The molecule has 0 aliphatic carbocycles. The smallest absolute Gasteiger partial charge is 0.191 e. The number of aliphatic imine (C=N–C) groups is 1. The molecule has 5 nitrogen and oxygen atoms in total. The molecule has 3 aromatic rings. The summed E-state index contributed by atoms with van der Waals surface area (Å²) in [6, 6.07) is 8.09. The number of guanidine groups is 1. The summed E-state index contributed by atoms with van der Waals surface area (Å²) < 4.78 is 5.91. The maximum absolute atomic E-state index is 5.91. The fourth-order valence-electron chi connectivity index (χ4n) is 2.44. The molecular formula is C17H20N4OS. The number of nitrogens with zero attached hydrogens (tertiary/aromatic N) is 2. The molecule has 0 saturated carbocycles. The van der Waals surface area contributed by atoms with Gasteiger partial charge in [0.25, 0.3) is 0 Å². The third kappa shape index (κ3) is 3.37. The quantitative estimate of drug-likeness (QED) is 0.569. The molecule has 0 fully saturated rings. The van der Waals surface area contributed by atoms with Gasteiger partial charge in [-0.15, -0.1) is 11.3 Å². The Morgan fingerprint density at radius 2 is 2.00 bits per heavy atom. The molecule has 23 heavy (non-hydrogen) atoms. The average Bonchev–Trinajstić information content (AvgIpc) is 3.12. The van der Waals surface area contributed by atoms with Crippen LogP contribution in [0.2, 0.25) is 0 Å².